The topological polar surface area (TPSA) is 89.5 Å². The Hall–Kier alpha value is -3.84. The largest absolute Gasteiger partial charge is 0.449 e. The lowest BCUT2D eigenvalue weighted by molar-refractivity contribution is -0.123. The van der Waals surface area contributed by atoms with Gasteiger partial charge in [-0.2, -0.15) is 0 Å². The molecule has 1 aliphatic carbocycles. The van der Waals surface area contributed by atoms with E-state index in [-0.39, 0.29) is 39.0 Å². The highest BCUT2D eigenvalue weighted by atomic mass is 35.5. The lowest BCUT2D eigenvalue weighted by Crippen LogP contribution is -2.30. The number of ketones is 2. The molecule has 8 heteroatoms. The Morgan fingerprint density at radius 3 is 2.19 bits per heavy atom. The van der Waals surface area contributed by atoms with Gasteiger partial charge >= 0.3 is 5.97 Å². The lowest BCUT2D eigenvalue weighted by atomic mass is 9.84. The van der Waals surface area contributed by atoms with E-state index in [1.54, 1.807) is 24.3 Å². The van der Waals surface area contributed by atoms with Crippen LogP contribution in [0.1, 0.15) is 49.1 Å². The van der Waals surface area contributed by atoms with Crippen molar-refractivity contribution in [2.75, 3.05) is 5.32 Å². The maximum atomic E-state index is 13.2. The summed E-state index contributed by atoms with van der Waals surface area (Å²) in [6.07, 6.45) is -1.21. The molecule has 4 rings (SSSR count). The first kappa shape index (κ1) is 21.4. The van der Waals surface area contributed by atoms with Crippen molar-refractivity contribution in [1.29, 1.82) is 0 Å². The van der Waals surface area contributed by atoms with Gasteiger partial charge in [-0.1, -0.05) is 35.9 Å². The standard InChI is InChI=1S/C24H15ClFNO5/c1-12(32-24(31)18-8-6-13(26)10-20(18)25)23(30)27-14-7-9-17-19(11-14)22(29)16-5-3-2-4-15(16)21(17)28/h2-12H,1H3,(H,27,30). The first-order valence-electron chi connectivity index (χ1n) is 9.55. The highest BCUT2D eigenvalue weighted by Gasteiger charge is 2.30. The summed E-state index contributed by atoms with van der Waals surface area (Å²) in [5.74, 6) is -2.75. The predicted molar refractivity (Wildman–Crippen MR) is 115 cm³/mol. The zero-order valence-corrected chi connectivity index (χ0v) is 17.4. The van der Waals surface area contributed by atoms with Crippen LogP contribution < -0.4 is 5.32 Å². The average molecular weight is 452 g/mol. The Balaban J connectivity index is 1.50. The summed E-state index contributed by atoms with van der Waals surface area (Å²) >= 11 is 5.85. The number of rotatable bonds is 4. The Bertz CT molecular complexity index is 1300. The van der Waals surface area contributed by atoms with Gasteiger partial charge in [-0.05, 0) is 43.3 Å². The summed E-state index contributed by atoms with van der Waals surface area (Å²) < 4.78 is 18.3. The molecule has 0 aliphatic heterocycles. The number of hydrogen-bond acceptors (Lipinski definition) is 5. The van der Waals surface area contributed by atoms with Crippen molar-refractivity contribution < 1.29 is 28.3 Å². The van der Waals surface area contributed by atoms with Gasteiger partial charge in [0.05, 0.1) is 10.6 Å². The van der Waals surface area contributed by atoms with Gasteiger partial charge in [0, 0.05) is 27.9 Å². The summed E-state index contributed by atoms with van der Waals surface area (Å²) in [6.45, 7) is 1.36. The van der Waals surface area contributed by atoms with Crippen LogP contribution in [0.2, 0.25) is 5.02 Å². The molecule has 0 saturated carbocycles. The zero-order valence-electron chi connectivity index (χ0n) is 16.6. The minimum absolute atomic E-state index is 0.0794. The molecule has 0 saturated heterocycles. The molecule has 0 spiro atoms. The van der Waals surface area contributed by atoms with Crippen LogP contribution in [0.15, 0.2) is 60.7 Å². The van der Waals surface area contributed by atoms with Gasteiger partial charge in [0.15, 0.2) is 17.7 Å². The van der Waals surface area contributed by atoms with Crippen LogP contribution in [-0.4, -0.2) is 29.5 Å². The summed E-state index contributed by atoms with van der Waals surface area (Å²) in [5, 5.41) is 2.42. The highest BCUT2D eigenvalue weighted by molar-refractivity contribution is 6.33. The fourth-order valence-electron chi connectivity index (χ4n) is 3.35. The van der Waals surface area contributed by atoms with E-state index in [1.807, 2.05) is 0 Å². The number of benzene rings is 3. The van der Waals surface area contributed by atoms with E-state index >= 15 is 0 Å². The van der Waals surface area contributed by atoms with Crippen LogP contribution >= 0.6 is 11.6 Å². The molecule has 0 radical (unpaired) electrons. The Morgan fingerprint density at radius 1 is 0.906 bits per heavy atom. The average Bonchev–Trinajstić information content (AvgIpc) is 2.77. The van der Waals surface area contributed by atoms with Crippen LogP contribution in [0.25, 0.3) is 0 Å². The molecule has 1 atom stereocenters. The lowest BCUT2D eigenvalue weighted by Gasteiger charge is -2.19. The van der Waals surface area contributed by atoms with Crippen molar-refractivity contribution in [1.82, 2.24) is 0 Å². The Morgan fingerprint density at radius 2 is 1.53 bits per heavy atom. The number of esters is 1. The number of fused-ring (bicyclic) bond motifs is 2. The minimum Gasteiger partial charge on any atom is -0.449 e. The summed E-state index contributed by atoms with van der Waals surface area (Å²) in [5.41, 5.74) is 1.24. The van der Waals surface area contributed by atoms with Crippen molar-refractivity contribution in [3.8, 4) is 0 Å². The van der Waals surface area contributed by atoms with E-state index in [9.17, 15) is 23.6 Å². The number of ether oxygens (including phenoxy) is 1. The molecule has 160 valence electrons. The van der Waals surface area contributed by atoms with Crippen LogP contribution in [0.4, 0.5) is 10.1 Å². The number of carbonyl (C=O) groups is 4. The second-order valence-corrected chi connectivity index (χ2v) is 7.53. The molecule has 3 aromatic carbocycles. The van der Waals surface area contributed by atoms with E-state index < -0.39 is 23.8 Å². The Labute approximate surface area is 187 Å². The van der Waals surface area contributed by atoms with Crippen LogP contribution in [0.3, 0.4) is 0 Å². The maximum absolute atomic E-state index is 13.2. The molecule has 1 aliphatic rings. The second kappa shape index (κ2) is 8.36. The molecule has 0 heterocycles. The number of carbonyl (C=O) groups excluding carboxylic acids is 4. The summed E-state index contributed by atoms with van der Waals surface area (Å²) in [4.78, 5) is 50.2. The van der Waals surface area contributed by atoms with Crippen molar-refractivity contribution >= 4 is 40.7 Å². The van der Waals surface area contributed by atoms with Crippen molar-refractivity contribution in [3.05, 3.63) is 99.3 Å². The molecule has 0 bridgehead atoms. The van der Waals surface area contributed by atoms with E-state index in [0.29, 0.717) is 11.1 Å². The van der Waals surface area contributed by atoms with Gasteiger partial charge in [-0.15, -0.1) is 0 Å². The van der Waals surface area contributed by atoms with Crippen molar-refractivity contribution in [2.24, 2.45) is 0 Å². The second-order valence-electron chi connectivity index (χ2n) is 7.13. The highest BCUT2D eigenvalue weighted by Crippen LogP contribution is 2.29. The smallest absolute Gasteiger partial charge is 0.340 e. The fourth-order valence-corrected chi connectivity index (χ4v) is 3.60. The van der Waals surface area contributed by atoms with Crippen molar-refractivity contribution in [2.45, 2.75) is 13.0 Å². The predicted octanol–water partition coefficient (Wildman–Crippen LogP) is 4.44. The first-order valence-corrected chi connectivity index (χ1v) is 9.93. The molecule has 1 amide bonds. The van der Waals surface area contributed by atoms with Crippen LogP contribution in [0, 0.1) is 5.82 Å². The molecule has 0 aromatic heterocycles. The minimum atomic E-state index is -1.21. The number of amides is 1. The number of anilines is 1. The fraction of sp³-hybridized carbons (Fsp3) is 0.0833. The third-order valence-electron chi connectivity index (χ3n) is 5.00. The van der Waals surface area contributed by atoms with Crippen molar-refractivity contribution in [3.63, 3.8) is 0 Å². The van der Waals surface area contributed by atoms with Gasteiger partial charge < -0.3 is 10.1 Å². The normalized spacial score (nSPS) is 13.1. The molecule has 6 nitrogen and oxygen atoms in total. The monoisotopic (exact) mass is 451 g/mol. The van der Waals surface area contributed by atoms with E-state index in [4.69, 9.17) is 16.3 Å². The van der Waals surface area contributed by atoms with Crippen LogP contribution in [-0.2, 0) is 9.53 Å². The van der Waals surface area contributed by atoms with Crippen LogP contribution in [0.5, 0.6) is 0 Å². The molecule has 32 heavy (non-hydrogen) atoms. The third kappa shape index (κ3) is 3.90. The van der Waals surface area contributed by atoms with Gasteiger partial charge in [-0.25, -0.2) is 9.18 Å². The number of halogens is 2. The molecular formula is C24H15ClFNO5. The van der Waals surface area contributed by atoms with Gasteiger partial charge in [0.2, 0.25) is 0 Å². The van der Waals surface area contributed by atoms with E-state index in [0.717, 1.165) is 18.2 Å². The number of hydrogen-bond donors (Lipinski definition) is 1. The van der Waals surface area contributed by atoms with Gasteiger partial charge in [-0.3, -0.25) is 14.4 Å². The maximum Gasteiger partial charge on any atom is 0.340 e. The zero-order chi connectivity index (χ0) is 23.0. The SMILES string of the molecule is CC(OC(=O)c1ccc(F)cc1Cl)C(=O)Nc1ccc2c(c1)C(=O)c1ccccc1C2=O. The number of nitrogens with one attached hydrogen (secondary N) is 1. The molecule has 1 unspecified atom stereocenters. The molecular weight excluding hydrogens is 437 g/mol. The molecule has 0 fully saturated rings. The van der Waals surface area contributed by atoms with E-state index in [2.05, 4.69) is 5.32 Å². The van der Waals surface area contributed by atoms with E-state index in [1.165, 1.54) is 25.1 Å². The third-order valence-corrected chi connectivity index (χ3v) is 5.31. The van der Waals surface area contributed by atoms with Gasteiger partial charge in [0.1, 0.15) is 5.82 Å². The first-order chi connectivity index (χ1) is 15.3. The van der Waals surface area contributed by atoms with Gasteiger partial charge in [0.25, 0.3) is 5.91 Å². The Kier molecular flexibility index (Phi) is 5.59. The summed E-state index contributed by atoms with van der Waals surface area (Å²) in [6, 6.07) is 14.1. The quantitative estimate of drug-likeness (QED) is 0.463. The summed E-state index contributed by atoms with van der Waals surface area (Å²) in [7, 11) is 0. The molecule has 3 aromatic rings. The molecule has 1 N–H and O–H groups in total.